The lowest BCUT2D eigenvalue weighted by molar-refractivity contribution is 0.717. The molecular formula is C13H10N4. The summed E-state index contributed by atoms with van der Waals surface area (Å²) in [5.41, 5.74) is 2.33. The van der Waals surface area contributed by atoms with Gasteiger partial charge in [-0.15, -0.1) is 6.42 Å². The average Bonchev–Trinajstić information content (AvgIpc) is 2.74. The monoisotopic (exact) mass is 222 g/mol. The van der Waals surface area contributed by atoms with Crippen LogP contribution in [-0.4, -0.2) is 14.8 Å². The standard InChI is InChI=1S/C13H10N4/c1-2-9-17-10-11(6-7-14)13(16-17)12-5-3-4-8-15-12/h1,3-5,8,10H,6,9H2. The first-order chi connectivity index (χ1) is 8.35. The van der Waals surface area contributed by atoms with Crippen LogP contribution in [-0.2, 0) is 13.0 Å². The summed E-state index contributed by atoms with van der Waals surface area (Å²) in [7, 11) is 0. The first-order valence-corrected chi connectivity index (χ1v) is 5.13. The van der Waals surface area contributed by atoms with E-state index in [9.17, 15) is 0 Å². The molecule has 0 radical (unpaired) electrons. The summed E-state index contributed by atoms with van der Waals surface area (Å²) >= 11 is 0. The minimum absolute atomic E-state index is 0.302. The first kappa shape index (κ1) is 10.9. The Kier molecular flexibility index (Phi) is 3.18. The van der Waals surface area contributed by atoms with Crippen molar-refractivity contribution >= 4 is 0 Å². The molecule has 0 saturated heterocycles. The maximum absolute atomic E-state index is 8.78. The van der Waals surface area contributed by atoms with Gasteiger partial charge in [-0.1, -0.05) is 12.0 Å². The zero-order valence-corrected chi connectivity index (χ0v) is 9.17. The summed E-state index contributed by atoms with van der Waals surface area (Å²) in [5.74, 6) is 2.52. The van der Waals surface area contributed by atoms with Crippen LogP contribution in [0.25, 0.3) is 11.4 Å². The fraction of sp³-hybridized carbons (Fsp3) is 0.154. The highest BCUT2D eigenvalue weighted by molar-refractivity contribution is 5.58. The van der Waals surface area contributed by atoms with Crippen molar-refractivity contribution in [2.75, 3.05) is 0 Å². The highest BCUT2D eigenvalue weighted by Gasteiger charge is 2.11. The molecule has 0 unspecified atom stereocenters. The fourth-order valence-electron chi connectivity index (χ4n) is 1.57. The number of hydrogen-bond donors (Lipinski definition) is 0. The molecule has 0 bridgehead atoms. The fourth-order valence-corrected chi connectivity index (χ4v) is 1.57. The topological polar surface area (TPSA) is 54.5 Å². The van der Waals surface area contributed by atoms with Gasteiger partial charge in [-0.25, -0.2) is 0 Å². The van der Waals surface area contributed by atoms with Gasteiger partial charge in [0.05, 0.1) is 18.2 Å². The second-order valence-electron chi connectivity index (χ2n) is 3.45. The van der Waals surface area contributed by atoms with Crippen molar-refractivity contribution in [2.24, 2.45) is 0 Å². The van der Waals surface area contributed by atoms with Gasteiger partial charge in [0, 0.05) is 18.0 Å². The van der Waals surface area contributed by atoms with Gasteiger partial charge in [0.1, 0.15) is 12.2 Å². The quantitative estimate of drug-likeness (QED) is 0.742. The maximum Gasteiger partial charge on any atom is 0.115 e. The molecule has 0 fully saturated rings. The molecule has 0 atom stereocenters. The molecule has 0 aliphatic rings. The van der Waals surface area contributed by atoms with Gasteiger partial charge in [0.2, 0.25) is 0 Å². The molecule has 0 aromatic carbocycles. The Labute approximate surface area is 99.5 Å². The van der Waals surface area contributed by atoms with Crippen molar-refractivity contribution in [3.63, 3.8) is 0 Å². The molecule has 2 aromatic rings. The molecule has 4 nitrogen and oxygen atoms in total. The Morgan fingerprint density at radius 3 is 2.94 bits per heavy atom. The summed E-state index contributed by atoms with van der Waals surface area (Å²) in [6.07, 6.45) is 9.04. The van der Waals surface area contributed by atoms with E-state index in [1.807, 2.05) is 18.2 Å². The van der Waals surface area contributed by atoms with Crippen LogP contribution in [0.1, 0.15) is 5.56 Å². The van der Waals surface area contributed by atoms with Crippen molar-refractivity contribution in [3.8, 4) is 29.8 Å². The molecule has 17 heavy (non-hydrogen) atoms. The van der Waals surface area contributed by atoms with E-state index in [2.05, 4.69) is 22.1 Å². The zero-order chi connectivity index (χ0) is 12.1. The highest BCUT2D eigenvalue weighted by atomic mass is 15.3. The van der Waals surface area contributed by atoms with E-state index in [0.29, 0.717) is 13.0 Å². The number of nitriles is 1. The number of hydrogen-bond acceptors (Lipinski definition) is 3. The molecule has 2 aromatic heterocycles. The van der Waals surface area contributed by atoms with E-state index in [1.165, 1.54) is 0 Å². The molecule has 2 rings (SSSR count). The number of rotatable bonds is 3. The third-order valence-corrected chi connectivity index (χ3v) is 2.27. The van der Waals surface area contributed by atoms with Gasteiger partial charge in [-0.2, -0.15) is 10.4 Å². The number of pyridine rings is 1. The number of nitrogens with zero attached hydrogens (tertiary/aromatic N) is 4. The van der Waals surface area contributed by atoms with Crippen molar-refractivity contribution in [1.29, 1.82) is 5.26 Å². The summed E-state index contributed by atoms with van der Waals surface area (Å²) in [6, 6.07) is 7.71. The lowest BCUT2D eigenvalue weighted by Gasteiger charge is -1.96. The summed E-state index contributed by atoms with van der Waals surface area (Å²) in [6.45, 7) is 0.394. The van der Waals surface area contributed by atoms with E-state index in [1.54, 1.807) is 17.1 Å². The Morgan fingerprint density at radius 2 is 2.29 bits per heavy atom. The smallest absolute Gasteiger partial charge is 0.115 e. The minimum atomic E-state index is 0.302. The van der Waals surface area contributed by atoms with Crippen LogP contribution in [0.4, 0.5) is 0 Å². The second kappa shape index (κ2) is 4.96. The Morgan fingerprint density at radius 1 is 1.41 bits per heavy atom. The molecule has 0 amide bonds. The summed E-state index contributed by atoms with van der Waals surface area (Å²) < 4.78 is 1.65. The van der Waals surface area contributed by atoms with Crippen LogP contribution in [0.3, 0.4) is 0 Å². The van der Waals surface area contributed by atoms with E-state index in [-0.39, 0.29) is 0 Å². The van der Waals surface area contributed by atoms with Crippen LogP contribution in [0.5, 0.6) is 0 Å². The van der Waals surface area contributed by atoms with Crippen LogP contribution >= 0.6 is 0 Å². The third kappa shape index (κ3) is 2.32. The summed E-state index contributed by atoms with van der Waals surface area (Å²) in [4.78, 5) is 4.23. The van der Waals surface area contributed by atoms with E-state index >= 15 is 0 Å². The van der Waals surface area contributed by atoms with Gasteiger partial charge < -0.3 is 0 Å². The predicted molar refractivity (Wildman–Crippen MR) is 63.6 cm³/mol. The number of terminal acetylenes is 1. The van der Waals surface area contributed by atoms with Gasteiger partial charge in [0.25, 0.3) is 0 Å². The molecular weight excluding hydrogens is 212 g/mol. The molecule has 0 aliphatic carbocycles. The SMILES string of the molecule is C#CCn1cc(CC#N)c(-c2ccccn2)n1. The molecule has 2 heterocycles. The Hall–Kier alpha value is -2.59. The normalized spacial score (nSPS) is 9.53. The Balaban J connectivity index is 2.46. The molecule has 0 spiro atoms. The first-order valence-electron chi connectivity index (χ1n) is 5.13. The van der Waals surface area contributed by atoms with Gasteiger partial charge in [-0.05, 0) is 12.1 Å². The van der Waals surface area contributed by atoms with Crippen molar-refractivity contribution < 1.29 is 0 Å². The zero-order valence-electron chi connectivity index (χ0n) is 9.17. The molecule has 82 valence electrons. The van der Waals surface area contributed by atoms with Crippen LogP contribution in [0.15, 0.2) is 30.6 Å². The van der Waals surface area contributed by atoms with Crippen LogP contribution in [0.2, 0.25) is 0 Å². The molecule has 0 saturated carbocycles. The highest BCUT2D eigenvalue weighted by Crippen LogP contribution is 2.19. The number of aromatic nitrogens is 3. The molecule has 0 aliphatic heterocycles. The lowest BCUT2D eigenvalue weighted by atomic mass is 10.1. The van der Waals surface area contributed by atoms with Crippen LogP contribution < -0.4 is 0 Å². The van der Waals surface area contributed by atoms with Crippen LogP contribution in [0, 0.1) is 23.7 Å². The van der Waals surface area contributed by atoms with E-state index in [4.69, 9.17) is 11.7 Å². The van der Waals surface area contributed by atoms with E-state index in [0.717, 1.165) is 17.0 Å². The largest absolute Gasteiger partial charge is 0.260 e. The second-order valence-corrected chi connectivity index (χ2v) is 3.45. The molecule has 4 heteroatoms. The van der Waals surface area contributed by atoms with Gasteiger partial charge >= 0.3 is 0 Å². The van der Waals surface area contributed by atoms with Gasteiger partial charge in [-0.3, -0.25) is 9.67 Å². The Bertz CT molecular complexity index is 584. The molecule has 0 N–H and O–H groups in total. The summed E-state index contributed by atoms with van der Waals surface area (Å²) in [5, 5.41) is 13.1. The third-order valence-electron chi connectivity index (χ3n) is 2.27. The minimum Gasteiger partial charge on any atom is -0.260 e. The van der Waals surface area contributed by atoms with E-state index < -0.39 is 0 Å². The van der Waals surface area contributed by atoms with Gasteiger partial charge in [0.15, 0.2) is 0 Å². The predicted octanol–water partition coefficient (Wildman–Crippen LogP) is 1.64. The van der Waals surface area contributed by atoms with Crippen molar-refractivity contribution in [3.05, 3.63) is 36.2 Å². The average molecular weight is 222 g/mol. The van der Waals surface area contributed by atoms with Crippen molar-refractivity contribution in [1.82, 2.24) is 14.8 Å². The van der Waals surface area contributed by atoms with Crippen molar-refractivity contribution in [2.45, 2.75) is 13.0 Å². The lowest BCUT2D eigenvalue weighted by Crippen LogP contribution is -1.95. The maximum atomic E-state index is 8.78.